The van der Waals surface area contributed by atoms with E-state index in [-0.39, 0.29) is 4.75 Å². The minimum Gasteiger partial charge on any atom is -0.271 e. The number of nitrogens with zero attached hydrogens (tertiary/aromatic N) is 1. The van der Waals surface area contributed by atoms with Gasteiger partial charge in [-0.1, -0.05) is 20.8 Å². The van der Waals surface area contributed by atoms with Crippen LogP contribution >= 0.6 is 11.8 Å². The predicted octanol–water partition coefficient (Wildman–Crippen LogP) is 1.99. The van der Waals surface area contributed by atoms with Gasteiger partial charge in [-0.2, -0.15) is 11.8 Å². The van der Waals surface area contributed by atoms with Crippen molar-refractivity contribution in [1.82, 2.24) is 10.4 Å². The van der Waals surface area contributed by atoms with Crippen molar-refractivity contribution in [3.05, 3.63) is 30.1 Å². The molecule has 1 unspecified atom stereocenters. The maximum absolute atomic E-state index is 5.57. The predicted molar refractivity (Wildman–Crippen MR) is 71.3 cm³/mol. The first-order chi connectivity index (χ1) is 7.51. The van der Waals surface area contributed by atoms with Crippen LogP contribution < -0.4 is 11.3 Å². The molecule has 1 heterocycles. The van der Waals surface area contributed by atoms with Gasteiger partial charge in [0.2, 0.25) is 0 Å². The fourth-order valence-electron chi connectivity index (χ4n) is 1.32. The molecule has 1 aromatic heterocycles. The molecule has 0 aliphatic rings. The van der Waals surface area contributed by atoms with Crippen LogP contribution in [0.5, 0.6) is 0 Å². The molecule has 1 aromatic rings. The van der Waals surface area contributed by atoms with Gasteiger partial charge in [-0.25, -0.2) is 0 Å². The van der Waals surface area contributed by atoms with Crippen LogP contribution in [0.3, 0.4) is 0 Å². The Balaban J connectivity index is 2.44. The lowest BCUT2D eigenvalue weighted by molar-refractivity contribution is 0.573. The molecule has 1 atom stereocenters. The lowest BCUT2D eigenvalue weighted by Crippen LogP contribution is -2.39. The molecular weight excluding hydrogens is 218 g/mol. The van der Waals surface area contributed by atoms with Crippen LogP contribution in [0.1, 0.15) is 26.3 Å². The van der Waals surface area contributed by atoms with Gasteiger partial charge in [0.25, 0.3) is 0 Å². The van der Waals surface area contributed by atoms with Crippen molar-refractivity contribution < 1.29 is 0 Å². The average Bonchev–Trinajstić information content (AvgIpc) is 2.24. The van der Waals surface area contributed by atoms with Crippen LogP contribution in [0.15, 0.2) is 24.5 Å². The summed E-state index contributed by atoms with van der Waals surface area (Å²) in [5.41, 5.74) is 4.15. The molecule has 0 saturated heterocycles. The van der Waals surface area contributed by atoms with E-state index in [9.17, 15) is 0 Å². The summed E-state index contributed by atoms with van der Waals surface area (Å²) in [7, 11) is 0. The molecule has 0 aliphatic heterocycles. The van der Waals surface area contributed by atoms with Crippen LogP contribution in [-0.2, 0) is 6.42 Å². The van der Waals surface area contributed by atoms with E-state index in [4.69, 9.17) is 5.84 Å². The van der Waals surface area contributed by atoms with E-state index in [1.54, 1.807) is 0 Å². The molecule has 0 spiro atoms. The molecule has 0 radical (unpaired) electrons. The Labute approximate surface area is 102 Å². The summed E-state index contributed by atoms with van der Waals surface area (Å²) in [5, 5.41) is 0. The molecule has 1 rings (SSSR count). The highest BCUT2D eigenvalue weighted by Crippen LogP contribution is 2.24. The second-order valence-corrected chi connectivity index (χ2v) is 6.69. The molecule has 0 fully saturated rings. The van der Waals surface area contributed by atoms with Crippen molar-refractivity contribution in [2.45, 2.75) is 38.0 Å². The highest BCUT2D eigenvalue weighted by molar-refractivity contribution is 8.00. The van der Waals surface area contributed by atoms with Gasteiger partial charge in [0, 0.05) is 28.9 Å². The van der Waals surface area contributed by atoms with Crippen LogP contribution in [-0.4, -0.2) is 21.5 Å². The Kier molecular flexibility index (Phi) is 5.25. The first-order valence-corrected chi connectivity index (χ1v) is 6.49. The van der Waals surface area contributed by atoms with Gasteiger partial charge in [0.15, 0.2) is 0 Å². The zero-order valence-corrected chi connectivity index (χ0v) is 11.1. The SMILES string of the molecule is CC(C)(C)SCC(Cc1ccncc1)NN. The van der Waals surface area contributed by atoms with Gasteiger partial charge in [-0.05, 0) is 24.1 Å². The maximum Gasteiger partial charge on any atom is 0.0341 e. The quantitative estimate of drug-likeness (QED) is 0.609. The van der Waals surface area contributed by atoms with Crippen molar-refractivity contribution in [2.24, 2.45) is 5.84 Å². The number of hydrogen-bond acceptors (Lipinski definition) is 4. The molecule has 90 valence electrons. The Morgan fingerprint density at radius 3 is 2.50 bits per heavy atom. The first-order valence-electron chi connectivity index (χ1n) is 5.50. The maximum atomic E-state index is 5.57. The van der Waals surface area contributed by atoms with E-state index < -0.39 is 0 Å². The van der Waals surface area contributed by atoms with E-state index in [1.165, 1.54) is 5.56 Å². The van der Waals surface area contributed by atoms with Crippen molar-refractivity contribution in [3.63, 3.8) is 0 Å². The van der Waals surface area contributed by atoms with Gasteiger partial charge in [-0.3, -0.25) is 16.3 Å². The van der Waals surface area contributed by atoms with E-state index in [0.29, 0.717) is 6.04 Å². The number of aromatic nitrogens is 1. The highest BCUT2D eigenvalue weighted by atomic mass is 32.2. The number of pyridine rings is 1. The lowest BCUT2D eigenvalue weighted by atomic mass is 10.1. The third kappa shape index (κ3) is 5.49. The molecule has 0 aromatic carbocycles. The minimum absolute atomic E-state index is 0.285. The Hall–Kier alpha value is -0.580. The third-order valence-corrected chi connectivity index (χ3v) is 3.62. The highest BCUT2D eigenvalue weighted by Gasteiger charge is 2.15. The van der Waals surface area contributed by atoms with Crippen molar-refractivity contribution in [2.75, 3.05) is 5.75 Å². The zero-order valence-electron chi connectivity index (χ0n) is 10.2. The Morgan fingerprint density at radius 2 is 2.00 bits per heavy atom. The Bertz CT molecular complexity index is 295. The fourth-order valence-corrected chi connectivity index (χ4v) is 2.24. The third-order valence-electron chi connectivity index (χ3n) is 2.18. The largest absolute Gasteiger partial charge is 0.271 e. The van der Waals surface area contributed by atoms with Crippen molar-refractivity contribution in [3.8, 4) is 0 Å². The monoisotopic (exact) mass is 239 g/mol. The summed E-state index contributed by atoms with van der Waals surface area (Å²) in [5.74, 6) is 6.59. The second kappa shape index (κ2) is 6.23. The van der Waals surface area contributed by atoms with Crippen molar-refractivity contribution in [1.29, 1.82) is 0 Å². The summed E-state index contributed by atoms with van der Waals surface area (Å²) in [4.78, 5) is 4.01. The van der Waals surface area contributed by atoms with Gasteiger partial charge in [0.1, 0.15) is 0 Å². The average molecular weight is 239 g/mol. The minimum atomic E-state index is 0.285. The number of rotatable bonds is 5. The summed E-state index contributed by atoms with van der Waals surface area (Å²) >= 11 is 1.93. The van der Waals surface area contributed by atoms with Crippen LogP contribution in [0, 0.1) is 0 Å². The molecule has 0 saturated carbocycles. The van der Waals surface area contributed by atoms with Crippen LogP contribution in [0.25, 0.3) is 0 Å². The normalized spacial score (nSPS) is 13.8. The molecule has 3 N–H and O–H groups in total. The summed E-state index contributed by atoms with van der Waals surface area (Å²) in [6.45, 7) is 6.66. The number of hydrazine groups is 1. The molecule has 3 nitrogen and oxygen atoms in total. The summed E-state index contributed by atoms with van der Waals surface area (Å²) in [6.07, 6.45) is 4.59. The van der Waals surface area contributed by atoms with Gasteiger partial charge < -0.3 is 0 Å². The number of hydrogen-bond donors (Lipinski definition) is 2. The molecule has 0 bridgehead atoms. The van der Waals surface area contributed by atoms with E-state index in [2.05, 4.69) is 31.2 Å². The second-order valence-electron chi connectivity index (χ2n) is 4.85. The molecular formula is C12H21N3S. The first kappa shape index (κ1) is 13.5. The van der Waals surface area contributed by atoms with Gasteiger partial charge in [-0.15, -0.1) is 0 Å². The molecule has 16 heavy (non-hydrogen) atoms. The van der Waals surface area contributed by atoms with E-state index in [0.717, 1.165) is 12.2 Å². The van der Waals surface area contributed by atoms with Crippen LogP contribution in [0.4, 0.5) is 0 Å². The molecule has 4 heteroatoms. The lowest BCUT2D eigenvalue weighted by Gasteiger charge is -2.22. The fraction of sp³-hybridized carbons (Fsp3) is 0.583. The van der Waals surface area contributed by atoms with Crippen molar-refractivity contribution >= 4 is 11.8 Å². The zero-order chi connectivity index (χ0) is 12.0. The van der Waals surface area contributed by atoms with Gasteiger partial charge in [0.05, 0.1) is 0 Å². The Morgan fingerprint density at radius 1 is 1.38 bits per heavy atom. The van der Waals surface area contributed by atoms with E-state index in [1.807, 2.05) is 36.3 Å². The standard InChI is InChI=1S/C12H21N3S/c1-12(2,3)16-9-11(15-13)8-10-4-6-14-7-5-10/h4-7,11,15H,8-9,13H2,1-3H3. The van der Waals surface area contributed by atoms with Gasteiger partial charge >= 0.3 is 0 Å². The molecule has 0 amide bonds. The number of thioether (sulfide) groups is 1. The van der Waals surface area contributed by atoms with Crippen LogP contribution in [0.2, 0.25) is 0 Å². The molecule has 0 aliphatic carbocycles. The summed E-state index contributed by atoms with van der Waals surface area (Å²) < 4.78 is 0.285. The summed E-state index contributed by atoms with van der Waals surface area (Å²) in [6, 6.07) is 4.38. The van der Waals surface area contributed by atoms with E-state index >= 15 is 0 Å². The smallest absolute Gasteiger partial charge is 0.0341 e. The topological polar surface area (TPSA) is 50.9 Å². The number of nitrogens with one attached hydrogen (secondary N) is 1. The number of nitrogens with two attached hydrogens (primary N) is 1.